The first-order chi connectivity index (χ1) is 10.1. The third kappa shape index (κ3) is 5.14. The second kappa shape index (κ2) is 7.72. The Bertz CT molecular complexity index is 546. The molecule has 112 valence electrons. The lowest BCUT2D eigenvalue weighted by Gasteiger charge is -2.13. The smallest absolute Gasteiger partial charge is 0.124 e. The molecule has 2 rings (SSSR count). The van der Waals surface area contributed by atoms with Crippen molar-refractivity contribution in [2.75, 3.05) is 11.9 Å². The Morgan fingerprint density at radius 1 is 1.00 bits per heavy atom. The summed E-state index contributed by atoms with van der Waals surface area (Å²) in [7, 11) is 0. The Balaban J connectivity index is 1.94. The maximum absolute atomic E-state index is 5.92. The van der Waals surface area contributed by atoms with Gasteiger partial charge in [0.2, 0.25) is 0 Å². The van der Waals surface area contributed by atoms with Gasteiger partial charge >= 0.3 is 0 Å². The average molecular weight is 283 g/mol. The van der Waals surface area contributed by atoms with E-state index >= 15 is 0 Å². The van der Waals surface area contributed by atoms with Gasteiger partial charge < -0.3 is 10.1 Å². The molecule has 0 saturated heterocycles. The number of hydrogen-bond acceptors (Lipinski definition) is 2. The first-order valence-electron chi connectivity index (χ1n) is 7.66. The van der Waals surface area contributed by atoms with E-state index in [2.05, 4.69) is 62.5 Å². The predicted octanol–water partition coefficient (Wildman–Crippen LogP) is 5.03. The second-order valence-corrected chi connectivity index (χ2v) is 5.86. The molecule has 0 fully saturated rings. The highest BCUT2D eigenvalue weighted by atomic mass is 16.5. The SMILES string of the molecule is Cc1ccc(NCc2ccccc2OCCC(C)C)cc1. The molecular weight excluding hydrogens is 258 g/mol. The van der Waals surface area contributed by atoms with Crippen molar-refractivity contribution in [2.45, 2.75) is 33.7 Å². The molecule has 0 saturated carbocycles. The normalized spacial score (nSPS) is 10.7. The molecular formula is C19H25NO. The summed E-state index contributed by atoms with van der Waals surface area (Å²) >= 11 is 0. The number of nitrogens with one attached hydrogen (secondary N) is 1. The molecule has 0 spiro atoms. The van der Waals surface area contributed by atoms with Crippen molar-refractivity contribution in [3.8, 4) is 5.75 Å². The summed E-state index contributed by atoms with van der Waals surface area (Å²) < 4.78 is 5.92. The van der Waals surface area contributed by atoms with E-state index in [1.54, 1.807) is 0 Å². The van der Waals surface area contributed by atoms with Gasteiger partial charge in [-0.2, -0.15) is 0 Å². The molecule has 0 bridgehead atoms. The highest BCUT2D eigenvalue weighted by Gasteiger charge is 2.03. The number of anilines is 1. The van der Waals surface area contributed by atoms with E-state index in [0.717, 1.165) is 31.0 Å². The van der Waals surface area contributed by atoms with Gasteiger partial charge in [-0.05, 0) is 37.5 Å². The van der Waals surface area contributed by atoms with E-state index in [4.69, 9.17) is 4.74 Å². The Morgan fingerprint density at radius 2 is 1.71 bits per heavy atom. The standard InChI is InChI=1S/C19H25NO/c1-15(2)12-13-21-19-7-5-4-6-17(19)14-20-18-10-8-16(3)9-11-18/h4-11,15,20H,12-14H2,1-3H3. The van der Waals surface area contributed by atoms with Crippen molar-refractivity contribution in [2.24, 2.45) is 5.92 Å². The Labute approximate surface area is 128 Å². The molecule has 2 aromatic rings. The minimum absolute atomic E-state index is 0.669. The lowest BCUT2D eigenvalue weighted by Crippen LogP contribution is -2.06. The molecule has 0 atom stereocenters. The minimum Gasteiger partial charge on any atom is -0.493 e. The summed E-state index contributed by atoms with van der Waals surface area (Å²) in [5.74, 6) is 1.65. The lowest BCUT2D eigenvalue weighted by atomic mass is 10.1. The van der Waals surface area contributed by atoms with Gasteiger partial charge in [-0.15, -0.1) is 0 Å². The molecule has 0 unspecified atom stereocenters. The molecule has 1 N–H and O–H groups in total. The van der Waals surface area contributed by atoms with Crippen LogP contribution in [0.3, 0.4) is 0 Å². The van der Waals surface area contributed by atoms with Gasteiger partial charge in [0.15, 0.2) is 0 Å². The van der Waals surface area contributed by atoms with Crippen LogP contribution < -0.4 is 10.1 Å². The van der Waals surface area contributed by atoms with Gasteiger partial charge in [0.05, 0.1) is 6.61 Å². The molecule has 0 radical (unpaired) electrons. The number of hydrogen-bond donors (Lipinski definition) is 1. The maximum atomic E-state index is 5.92. The fourth-order valence-electron chi connectivity index (χ4n) is 2.06. The maximum Gasteiger partial charge on any atom is 0.124 e. The molecule has 0 aromatic heterocycles. The van der Waals surface area contributed by atoms with Gasteiger partial charge in [0, 0.05) is 17.8 Å². The van der Waals surface area contributed by atoms with Gasteiger partial charge in [0.25, 0.3) is 0 Å². The zero-order valence-corrected chi connectivity index (χ0v) is 13.2. The number of ether oxygens (including phenoxy) is 1. The highest BCUT2D eigenvalue weighted by molar-refractivity contribution is 5.46. The molecule has 0 aliphatic heterocycles. The summed E-state index contributed by atoms with van der Waals surface area (Å²) in [5.41, 5.74) is 3.61. The average Bonchev–Trinajstić information content (AvgIpc) is 2.47. The molecule has 2 heteroatoms. The number of aryl methyl sites for hydroxylation is 1. The molecule has 21 heavy (non-hydrogen) atoms. The fourth-order valence-corrected chi connectivity index (χ4v) is 2.06. The number of rotatable bonds is 7. The third-order valence-electron chi connectivity index (χ3n) is 3.46. The van der Waals surface area contributed by atoms with Gasteiger partial charge in [-0.25, -0.2) is 0 Å². The quantitative estimate of drug-likeness (QED) is 0.769. The Morgan fingerprint density at radius 3 is 2.43 bits per heavy atom. The van der Waals surface area contributed by atoms with Crippen molar-refractivity contribution in [1.82, 2.24) is 0 Å². The minimum atomic E-state index is 0.669. The summed E-state index contributed by atoms with van der Waals surface area (Å²) in [6.45, 7) is 8.09. The molecule has 0 aliphatic carbocycles. The van der Waals surface area contributed by atoms with Crippen molar-refractivity contribution in [1.29, 1.82) is 0 Å². The first-order valence-corrected chi connectivity index (χ1v) is 7.66. The Hall–Kier alpha value is -1.96. The molecule has 0 aliphatic rings. The van der Waals surface area contributed by atoms with E-state index in [1.807, 2.05) is 12.1 Å². The molecule has 2 aromatic carbocycles. The van der Waals surface area contributed by atoms with Crippen molar-refractivity contribution < 1.29 is 4.74 Å². The van der Waals surface area contributed by atoms with Crippen molar-refractivity contribution in [3.63, 3.8) is 0 Å². The van der Waals surface area contributed by atoms with Crippen LogP contribution in [-0.4, -0.2) is 6.61 Å². The molecule has 0 heterocycles. The van der Waals surface area contributed by atoms with Crippen LogP contribution in [0, 0.1) is 12.8 Å². The second-order valence-electron chi connectivity index (χ2n) is 5.86. The lowest BCUT2D eigenvalue weighted by molar-refractivity contribution is 0.287. The van der Waals surface area contributed by atoms with Crippen LogP contribution in [0.1, 0.15) is 31.4 Å². The summed E-state index contributed by atoms with van der Waals surface area (Å²) in [6.07, 6.45) is 1.08. The van der Waals surface area contributed by atoms with Crippen LogP contribution in [0.15, 0.2) is 48.5 Å². The van der Waals surface area contributed by atoms with Gasteiger partial charge in [-0.1, -0.05) is 49.7 Å². The summed E-state index contributed by atoms with van der Waals surface area (Å²) in [4.78, 5) is 0. The van der Waals surface area contributed by atoms with Crippen LogP contribution in [0.25, 0.3) is 0 Å². The number of benzene rings is 2. The zero-order valence-electron chi connectivity index (χ0n) is 13.2. The van der Waals surface area contributed by atoms with E-state index in [9.17, 15) is 0 Å². The largest absolute Gasteiger partial charge is 0.493 e. The van der Waals surface area contributed by atoms with E-state index in [-0.39, 0.29) is 0 Å². The van der Waals surface area contributed by atoms with Crippen LogP contribution in [0.5, 0.6) is 5.75 Å². The summed E-state index contributed by atoms with van der Waals surface area (Å²) in [6, 6.07) is 16.7. The van der Waals surface area contributed by atoms with Crippen molar-refractivity contribution in [3.05, 3.63) is 59.7 Å². The number of para-hydroxylation sites is 1. The zero-order chi connectivity index (χ0) is 15.1. The van der Waals surface area contributed by atoms with E-state index in [0.29, 0.717) is 5.92 Å². The van der Waals surface area contributed by atoms with Crippen LogP contribution in [0.4, 0.5) is 5.69 Å². The van der Waals surface area contributed by atoms with E-state index in [1.165, 1.54) is 11.1 Å². The molecule has 2 nitrogen and oxygen atoms in total. The van der Waals surface area contributed by atoms with Gasteiger partial charge in [0.1, 0.15) is 5.75 Å². The van der Waals surface area contributed by atoms with E-state index < -0.39 is 0 Å². The first kappa shape index (κ1) is 15.4. The van der Waals surface area contributed by atoms with Crippen molar-refractivity contribution >= 4 is 5.69 Å². The predicted molar refractivity (Wildman–Crippen MR) is 89.9 cm³/mol. The fraction of sp³-hybridized carbons (Fsp3) is 0.368. The topological polar surface area (TPSA) is 21.3 Å². The third-order valence-corrected chi connectivity index (χ3v) is 3.46. The monoisotopic (exact) mass is 283 g/mol. The highest BCUT2D eigenvalue weighted by Crippen LogP contribution is 2.20. The van der Waals surface area contributed by atoms with Crippen LogP contribution in [-0.2, 0) is 6.54 Å². The Kier molecular flexibility index (Phi) is 5.68. The van der Waals surface area contributed by atoms with Crippen LogP contribution in [0.2, 0.25) is 0 Å². The molecule has 0 amide bonds. The van der Waals surface area contributed by atoms with Crippen LogP contribution >= 0.6 is 0 Å². The van der Waals surface area contributed by atoms with Gasteiger partial charge in [-0.3, -0.25) is 0 Å². The summed E-state index contributed by atoms with van der Waals surface area (Å²) in [5, 5.41) is 3.45.